The Morgan fingerprint density at radius 2 is 2.07 bits per heavy atom. The van der Waals surface area contributed by atoms with Crippen LogP contribution in [0.25, 0.3) is 0 Å². The highest BCUT2D eigenvalue weighted by molar-refractivity contribution is 5.93. The van der Waals surface area contributed by atoms with Crippen molar-refractivity contribution in [2.24, 2.45) is 11.3 Å². The van der Waals surface area contributed by atoms with Gasteiger partial charge in [0.1, 0.15) is 5.82 Å². The fourth-order valence-corrected chi connectivity index (χ4v) is 4.86. The van der Waals surface area contributed by atoms with Crippen molar-refractivity contribution in [3.05, 3.63) is 48.0 Å². The first-order chi connectivity index (χ1) is 13.9. The quantitative estimate of drug-likeness (QED) is 0.797. The molecule has 2 atom stereocenters. The van der Waals surface area contributed by atoms with Crippen molar-refractivity contribution in [1.29, 1.82) is 0 Å². The average molecular weight is 396 g/mol. The summed E-state index contributed by atoms with van der Waals surface area (Å²) in [6.07, 6.45) is 4.88. The van der Waals surface area contributed by atoms with Crippen molar-refractivity contribution < 1.29 is 14.0 Å². The van der Waals surface area contributed by atoms with Gasteiger partial charge >= 0.3 is 0 Å². The van der Waals surface area contributed by atoms with Gasteiger partial charge in [0.05, 0.1) is 11.7 Å². The third kappa shape index (κ3) is 3.39. The van der Waals surface area contributed by atoms with Crippen molar-refractivity contribution in [3.8, 4) is 0 Å². The molecule has 0 N–H and O–H groups in total. The fourth-order valence-electron chi connectivity index (χ4n) is 4.86. The van der Waals surface area contributed by atoms with E-state index < -0.39 is 5.41 Å². The van der Waals surface area contributed by atoms with Crippen LogP contribution < -0.4 is 4.90 Å². The Morgan fingerprint density at radius 3 is 2.72 bits per heavy atom. The molecule has 2 aromatic heterocycles. The molecule has 2 amide bonds. The van der Waals surface area contributed by atoms with Crippen LogP contribution in [0, 0.1) is 18.3 Å². The number of pyridine rings is 1. The van der Waals surface area contributed by atoms with Crippen LogP contribution in [-0.2, 0) is 4.79 Å². The molecular formula is C22H28N4O3. The van der Waals surface area contributed by atoms with Crippen LogP contribution in [0.1, 0.15) is 29.0 Å². The summed E-state index contributed by atoms with van der Waals surface area (Å²) in [5, 5.41) is 0. The number of furan rings is 1. The summed E-state index contributed by atoms with van der Waals surface area (Å²) in [7, 11) is 3.63. The number of aromatic nitrogens is 1. The van der Waals surface area contributed by atoms with Crippen LogP contribution in [0.4, 0.5) is 5.82 Å². The van der Waals surface area contributed by atoms with Crippen LogP contribution in [0.15, 0.2) is 41.1 Å². The van der Waals surface area contributed by atoms with E-state index in [1.807, 2.05) is 50.2 Å². The normalized spacial score (nSPS) is 24.2. The molecule has 2 aliphatic rings. The van der Waals surface area contributed by atoms with Gasteiger partial charge in [-0.2, -0.15) is 0 Å². The highest BCUT2D eigenvalue weighted by Gasteiger charge is 2.54. The van der Waals surface area contributed by atoms with Gasteiger partial charge in [0.15, 0.2) is 5.76 Å². The minimum Gasteiger partial charge on any atom is -0.459 e. The smallest absolute Gasteiger partial charge is 0.289 e. The second-order valence-corrected chi connectivity index (χ2v) is 8.41. The molecule has 2 fully saturated rings. The Balaban J connectivity index is 1.65. The number of anilines is 1. The van der Waals surface area contributed by atoms with Crippen LogP contribution in [-0.4, -0.2) is 66.9 Å². The van der Waals surface area contributed by atoms with E-state index >= 15 is 0 Å². The molecule has 2 aliphatic heterocycles. The lowest BCUT2D eigenvalue weighted by Crippen LogP contribution is -2.47. The minimum absolute atomic E-state index is 0.0427. The molecule has 7 nitrogen and oxygen atoms in total. The Labute approximate surface area is 171 Å². The summed E-state index contributed by atoms with van der Waals surface area (Å²) in [5.74, 6) is 1.38. The molecule has 154 valence electrons. The highest BCUT2D eigenvalue weighted by atomic mass is 16.3. The number of hydrogen-bond donors (Lipinski definition) is 0. The van der Waals surface area contributed by atoms with Crippen LogP contribution in [0.3, 0.4) is 0 Å². The van der Waals surface area contributed by atoms with E-state index in [2.05, 4.69) is 9.88 Å². The summed E-state index contributed by atoms with van der Waals surface area (Å²) < 4.78 is 5.45. The van der Waals surface area contributed by atoms with E-state index in [1.165, 1.54) is 0 Å². The van der Waals surface area contributed by atoms with Gasteiger partial charge in [-0.15, -0.1) is 0 Å². The van der Waals surface area contributed by atoms with Gasteiger partial charge in [0, 0.05) is 58.0 Å². The molecule has 0 radical (unpaired) electrons. The molecule has 4 heterocycles. The number of carbonyl (C=O) groups excluding carboxylic acids is 2. The Bertz CT molecular complexity index is 894. The maximum absolute atomic E-state index is 13.3. The summed E-state index contributed by atoms with van der Waals surface area (Å²) in [4.78, 5) is 36.7. The molecule has 0 unspecified atom stereocenters. The number of likely N-dealkylation sites (tertiary alicyclic amines) is 1. The second-order valence-electron chi connectivity index (χ2n) is 8.41. The molecule has 0 saturated carbocycles. The van der Waals surface area contributed by atoms with E-state index in [9.17, 15) is 9.59 Å². The molecular weight excluding hydrogens is 368 g/mol. The largest absolute Gasteiger partial charge is 0.459 e. The van der Waals surface area contributed by atoms with Gasteiger partial charge in [-0.25, -0.2) is 4.98 Å². The molecule has 2 saturated heterocycles. The maximum atomic E-state index is 13.3. The Morgan fingerprint density at radius 1 is 1.24 bits per heavy atom. The first-order valence-corrected chi connectivity index (χ1v) is 10.1. The molecule has 0 aliphatic carbocycles. The number of nitrogens with zero attached hydrogens (tertiary/aromatic N) is 4. The van der Waals surface area contributed by atoms with E-state index in [1.54, 1.807) is 17.4 Å². The predicted molar refractivity (Wildman–Crippen MR) is 110 cm³/mol. The zero-order valence-electron chi connectivity index (χ0n) is 17.3. The zero-order valence-corrected chi connectivity index (χ0v) is 17.3. The van der Waals surface area contributed by atoms with Gasteiger partial charge in [-0.05, 0) is 38.0 Å². The maximum Gasteiger partial charge on any atom is 0.289 e. The first-order valence-electron chi connectivity index (χ1n) is 10.1. The highest BCUT2D eigenvalue weighted by Crippen LogP contribution is 2.45. The van der Waals surface area contributed by atoms with Crippen molar-refractivity contribution in [3.63, 3.8) is 0 Å². The van der Waals surface area contributed by atoms with Crippen molar-refractivity contribution in [2.45, 2.75) is 19.8 Å². The third-order valence-electron chi connectivity index (χ3n) is 6.34. The predicted octanol–water partition coefficient (Wildman–Crippen LogP) is 2.43. The number of rotatable bonds is 3. The van der Waals surface area contributed by atoms with Gasteiger partial charge in [0.2, 0.25) is 5.91 Å². The van der Waals surface area contributed by atoms with Gasteiger partial charge in [-0.3, -0.25) is 9.59 Å². The molecule has 7 heteroatoms. The van der Waals surface area contributed by atoms with E-state index in [4.69, 9.17) is 4.42 Å². The molecule has 0 bridgehead atoms. The third-order valence-corrected chi connectivity index (χ3v) is 6.34. The number of fused-ring (bicyclic) bond motifs is 1. The molecule has 0 spiro atoms. The van der Waals surface area contributed by atoms with Gasteiger partial charge < -0.3 is 19.1 Å². The summed E-state index contributed by atoms with van der Waals surface area (Å²) >= 11 is 0. The summed E-state index contributed by atoms with van der Waals surface area (Å²) in [6.45, 7) is 4.40. The molecule has 2 aromatic rings. The SMILES string of the molecule is Cc1ccoc1C(=O)N1CCC[C@]2(C(=O)N(C)C)CN(c3ccccn3)C[C@@H]2C1. The van der Waals surface area contributed by atoms with Crippen LogP contribution >= 0.6 is 0 Å². The van der Waals surface area contributed by atoms with E-state index in [-0.39, 0.29) is 17.7 Å². The van der Waals surface area contributed by atoms with Crippen molar-refractivity contribution in [1.82, 2.24) is 14.8 Å². The van der Waals surface area contributed by atoms with E-state index in [0.717, 1.165) is 24.2 Å². The van der Waals surface area contributed by atoms with Crippen LogP contribution in [0.2, 0.25) is 0 Å². The molecule has 4 rings (SSSR count). The lowest BCUT2D eigenvalue weighted by Gasteiger charge is -2.34. The Hall–Kier alpha value is -2.83. The van der Waals surface area contributed by atoms with E-state index in [0.29, 0.717) is 31.9 Å². The molecule has 0 aromatic carbocycles. The fraction of sp³-hybridized carbons (Fsp3) is 0.500. The standard InChI is InChI=1S/C22H28N4O3/c1-16-8-12-29-19(16)20(27)25-11-6-9-22(21(28)24(2)3)15-26(14-17(22)13-25)18-7-4-5-10-23-18/h4-5,7-8,10,12,17H,6,9,11,13-15H2,1-3H3/t17-,22-/m0/s1. The first kappa shape index (κ1) is 19.5. The number of aryl methyl sites for hydroxylation is 1. The van der Waals surface area contributed by atoms with Crippen molar-refractivity contribution in [2.75, 3.05) is 45.2 Å². The van der Waals surface area contributed by atoms with Gasteiger partial charge in [0.25, 0.3) is 5.91 Å². The second kappa shape index (κ2) is 7.54. The summed E-state index contributed by atoms with van der Waals surface area (Å²) in [6, 6.07) is 7.65. The number of amides is 2. The van der Waals surface area contributed by atoms with Crippen LogP contribution in [0.5, 0.6) is 0 Å². The monoisotopic (exact) mass is 396 g/mol. The van der Waals surface area contributed by atoms with Gasteiger partial charge in [-0.1, -0.05) is 6.07 Å². The summed E-state index contributed by atoms with van der Waals surface area (Å²) in [5.41, 5.74) is 0.338. The van der Waals surface area contributed by atoms with Crippen molar-refractivity contribution >= 4 is 17.6 Å². The lowest BCUT2D eigenvalue weighted by atomic mass is 9.74. The number of carbonyl (C=O) groups is 2. The number of hydrogen-bond acceptors (Lipinski definition) is 5. The minimum atomic E-state index is -0.506. The topological polar surface area (TPSA) is 69.9 Å². The average Bonchev–Trinajstić information content (AvgIpc) is 3.26. The molecule has 29 heavy (non-hydrogen) atoms. The lowest BCUT2D eigenvalue weighted by molar-refractivity contribution is -0.141. The zero-order chi connectivity index (χ0) is 20.6. The Kier molecular flexibility index (Phi) is 5.06.